The number of urea groups is 1. The van der Waals surface area contributed by atoms with E-state index < -0.39 is 47.2 Å². The van der Waals surface area contributed by atoms with Crippen LogP contribution >= 0.6 is 0 Å². The second-order valence-electron chi connectivity index (χ2n) is 12.8. The first-order valence-electron chi connectivity index (χ1n) is 13.1. The Balaban J connectivity index is 1.83. The molecule has 3 fully saturated rings. The van der Waals surface area contributed by atoms with Crippen LogP contribution < -0.4 is 21.7 Å². The number of carbonyl (C=O) groups excluding carboxylic acids is 5. The molecular formula is C26H43N5O5. The highest BCUT2D eigenvalue weighted by atomic mass is 16.2. The number of primary amides is 1. The Hall–Kier alpha value is -2.65. The van der Waals surface area contributed by atoms with E-state index in [4.69, 9.17) is 5.73 Å². The van der Waals surface area contributed by atoms with Crippen molar-refractivity contribution < 1.29 is 24.0 Å². The number of nitrogens with zero attached hydrogens (tertiary/aromatic N) is 1. The number of nitrogens with one attached hydrogen (secondary N) is 3. The van der Waals surface area contributed by atoms with Gasteiger partial charge in [0.15, 0.2) is 0 Å². The fourth-order valence-electron chi connectivity index (χ4n) is 5.78. The Labute approximate surface area is 213 Å². The van der Waals surface area contributed by atoms with Crippen LogP contribution in [-0.2, 0) is 19.2 Å². The van der Waals surface area contributed by atoms with Crippen LogP contribution in [0.2, 0.25) is 0 Å². The predicted molar refractivity (Wildman–Crippen MR) is 134 cm³/mol. The minimum absolute atomic E-state index is 0.0698. The van der Waals surface area contributed by atoms with Gasteiger partial charge in [0.05, 0.1) is 6.04 Å². The molecule has 0 aromatic rings. The van der Waals surface area contributed by atoms with Gasteiger partial charge in [-0.05, 0) is 48.9 Å². The number of likely N-dealkylation sites (tertiary alicyclic amines) is 1. The van der Waals surface area contributed by atoms with Gasteiger partial charge in [0.25, 0.3) is 5.91 Å². The summed E-state index contributed by atoms with van der Waals surface area (Å²) in [7, 11) is 0. The summed E-state index contributed by atoms with van der Waals surface area (Å²) in [5, 5.41) is 8.33. The van der Waals surface area contributed by atoms with Crippen LogP contribution in [0, 0.1) is 28.6 Å². The molecule has 1 heterocycles. The molecule has 3 aliphatic rings. The molecule has 2 saturated carbocycles. The molecule has 5 amide bonds. The van der Waals surface area contributed by atoms with Gasteiger partial charge in [-0.2, -0.15) is 0 Å². The van der Waals surface area contributed by atoms with Gasteiger partial charge in [0.2, 0.25) is 17.6 Å². The minimum atomic E-state index is -1.07. The molecule has 1 saturated heterocycles. The number of hydrogen-bond donors (Lipinski definition) is 4. The summed E-state index contributed by atoms with van der Waals surface area (Å²) in [6.07, 6.45) is 3.32. The molecule has 0 spiro atoms. The van der Waals surface area contributed by atoms with Crippen LogP contribution in [0.15, 0.2) is 0 Å². The van der Waals surface area contributed by atoms with Gasteiger partial charge in [-0.3, -0.25) is 19.2 Å². The van der Waals surface area contributed by atoms with E-state index in [1.165, 1.54) is 0 Å². The molecule has 0 aromatic heterocycles. The maximum Gasteiger partial charge on any atom is 0.315 e. The lowest BCUT2D eigenvalue weighted by molar-refractivity contribution is -0.145. The first kappa shape index (κ1) is 27.9. The number of nitrogens with two attached hydrogens (primary N) is 1. The normalized spacial score (nSPS) is 26.3. The number of amides is 5. The first-order chi connectivity index (χ1) is 16.6. The lowest BCUT2D eigenvalue weighted by Gasteiger charge is -2.38. The molecule has 10 heteroatoms. The van der Waals surface area contributed by atoms with E-state index >= 15 is 0 Å². The monoisotopic (exact) mass is 505 g/mol. The molecule has 1 unspecified atom stereocenters. The number of carbonyl (C=O) groups is 5. The summed E-state index contributed by atoms with van der Waals surface area (Å²) in [5.74, 6) is -2.33. The number of ketones is 1. The zero-order valence-electron chi connectivity index (χ0n) is 22.6. The standard InChI is InChI=1S/C26H43N5O5/c1-13(2)28-24(36)30-20(25(3,4)5)23(35)31-12-15-17(26(15,6)7)18(31)22(34)29-16(19(32)21(27)33)11-14-9-8-10-14/h13-18,20H,8-12H2,1-7H3,(H2,27,33)(H,29,34)(H2,28,30,36)/t15-,16?,17-,18-,20+/m0/s1. The number of hydrogen-bond acceptors (Lipinski definition) is 5. The van der Waals surface area contributed by atoms with Crippen molar-refractivity contribution in [3.63, 3.8) is 0 Å². The van der Waals surface area contributed by atoms with Crippen molar-refractivity contribution in [3.8, 4) is 0 Å². The third-order valence-corrected chi connectivity index (χ3v) is 8.24. The van der Waals surface area contributed by atoms with Crippen LogP contribution in [0.3, 0.4) is 0 Å². The van der Waals surface area contributed by atoms with Crippen LogP contribution in [0.25, 0.3) is 0 Å². The van der Waals surface area contributed by atoms with E-state index in [1.54, 1.807) is 4.90 Å². The van der Waals surface area contributed by atoms with Gasteiger partial charge >= 0.3 is 6.03 Å². The Bertz CT molecular complexity index is 920. The van der Waals surface area contributed by atoms with Crippen molar-refractivity contribution in [2.24, 2.45) is 34.3 Å². The summed E-state index contributed by atoms with van der Waals surface area (Å²) in [6.45, 7) is 13.8. The molecule has 36 heavy (non-hydrogen) atoms. The van der Waals surface area contributed by atoms with E-state index in [1.807, 2.05) is 34.6 Å². The summed E-state index contributed by atoms with van der Waals surface area (Å²) in [5.41, 5.74) is 4.54. The highest BCUT2D eigenvalue weighted by Gasteiger charge is 2.69. The number of fused-ring (bicyclic) bond motifs is 1. The van der Waals surface area contributed by atoms with E-state index in [9.17, 15) is 24.0 Å². The lowest BCUT2D eigenvalue weighted by Crippen LogP contribution is -2.61. The third-order valence-electron chi connectivity index (χ3n) is 8.24. The number of rotatable bonds is 9. The van der Waals surface area contributed by atoms with E-state index in [2.05, 4.69) is 29.8 Å². The molecule has 202 valence electrons. The number of Topliss-reactive ketones (excluding diaryl/α,β-unsaturated/α-hetero) is 1. The lowest BCUT2D eigenvalue weighted by atomic mass is 9.80. The fourth-order valence-corrected chi connectivity index (χ4v) is 5.78. The predicted octanol–water partition coefficient (Wildman–Crippen LogP) is 1.32. The zero-order valence-corrected chi connectivity index (χ0v) is 22.6. The zero-order chi connectivity index (χ0) is 27.2. The largest absolute Gasteiger partial charge is 0.363 e. The first-order valence-corrected chi connectivity index (χ1v) is 13.1. The fraction of sp³-hybridized carbons (Fsp3) is 0.808. The molecule has 3 rings (SSSR count). The van der Waals surface area contributed by atoms with E-state index in [0.717, 1.165) is 19.3 Å². The SMILES string of the molecule is CC(C)NC(=O)N[C@H](C(=O)N1C[C@H]2[C@@H]([C@H]1C(=O)NC(CC1CCC1)C(=O)C(N)=O)C2(C)C)C(C)(C)C. The molecule has 0 radical (unpaired) electrons. The molecule has 0 bridgehead atoms. The van der Waals surface area contributed by atoms with Gasteiger partial charge in [-0.25, -0.2) is 4.79 Å². The van der Waals surface area contributed by atoms with Crippen LogP contribution in [0.4, 0.5) is 4.79 Å². The van der Waals surface area contributed by atoms with Crippen LogP contribution in [0.5, 0.6) is 0 Å². The third kappa shape index (κ3) is 5.67. The smallest absolute Gasteiger partial charge is 0.315 e. The van der Waals surface area contributed by atoms with Crippen molar-refractivity contribution >= 4 is 29.5 Å². The Kier molecular flexibility index (Phi) is 7.77. The van der Waals surface area contributed by atoms with Crippen molar-refractivity contribution in [2.75, 3.05) is 6.54 Å². The molecular weight excluding hydrogens is 462 g/mol. The maximum atomic E-state index is 13.8. The molecule has 5 N–H and O–H groups in total. The highest BCUT2D eigenvalue weighted by molar-refractivity contribution is 6.37. The molecule has 10 nitrogen and oxygen atoms in total. The minimum Gasteiger partial charge on any atom is -0.363 e. The average Bonchev–Trinajstić information content (AvgIpc) is 3.06. The average molecular weight is 506 g/mol. The topological polar surface area (TPSA) is 151 Å². The molecule has 1 aliphatic heterocycles. The van der Waals surface area contributed by atoms with Gasteiger partial charge in [0, 0.05) is 12.6 Å². The Morgan fingerprint density at radius 1 is 1.03 bits per heavy atom. The van der Waals surface area contributed by atoms with Crippen molar-refractivity contribution in [2.45, 2.75) is 98.3 Å². The molecule has 5 atom stereocenters. The second kappa shape index (κ2) is 10.0. The van der Waals surface area contributed by atoms with Gasteiger partial charge in [-0.1, -0.05) is 53.9 Å². The quantitative estimate of drug-likeness (QED) is 0.349. The van der Waals surface area contributed by atoms with Crippen LogP contribution in [0.1, 0.15) is 74.1 Å². The summed E-state index contributed by atoms with van der Waals surface area (Å²) in [6, 6.07) is -3.19. The van der Waals surface area contributed by atoms with E-state index in [-0.39, 0.29) is 35.1 Å². The van der Waals surface area contributed by atoms with Crippen molar-refractivity contribution in [3.05, 3.63) is 0 Å². The maximum absolute atomic E-state index is 13.8. The highest BCUT2D eigenvalue weighted by Crippen LogP contribution is 2.65. The van der Waals surface area contributed by atoms with E-state index in [0.29, 0.717) is 13.0 Å². The molecule has 0 aromatic carbocycles. The second-order valence-corrected chi connectivity index (χ2v) is 12.8. The van der Waals surface area contributed by atoms with Gasteiger partial charge < -0.3 is 26.6 Å². The summed E-state index contributed by atoms with van der Waals surface area (Å²) < 4.78 is 0. The molecule has 2 aliphatic carbocycles. The van der Waals surface area contributed by atoms with Crippen LogP contribution in [-0.4, -0.2) is 65.1 Å². The van der Waals surface area contributed by atoms with Crippen molar-refractivity contribution in [1.82, 2.24) is 20.9 Å². The van der Waals surface area contributed by atoms with Crippen molar-refractivity contribution in [1.29, 1.82) is 0 Å². The Morgan fingerprint density at radius 2 is 1.64 bits per heavy atom. The summed E-state index contributed by atoms with van der Waals surface area (Å²) in [4.78, 5) is 65.7. The van der Waals surface area contributed by atoms with Gasteiger partial charge in [0.1, 0.15) is 12.1 Å². The number of piperidine rings is 1. The Morgan fingerprint density at radius 3 is 2.11 bits per heavy atom. The summed E-state index contributed by atoms with van der Waals surface area (Å²) >= 11 is 0. The van der Waals surface area contributed by atoms with Gasteiger partial charge in [-0.15, -0.1) is 0 Å².